The summed E-state index contributed by atoms with van der Waals surface area (Å²) >= 11 is 5.76. The molecule has 0 aliphatic carbocycles. The average Bonchev–Trinajstić information content (AvgIpc) is 2.31. The van der Waals surface area contributed by atoms with Gasteiger partial charge in [-0.15, -0.1) is 0 Å². The molecule has 0 spiro atoms. The lowest BCUT2D eigenvalue weighted by Crippen LogP contribution is -2.38. The molecule has 0 saturated heterocycles. The molecule has 1 atom stereocenters. The number of hydrogen-bond acceptors (Lipinski definition) is 2. The predicted molar refractivity (Wildman–Crippen MR) is 69.6 cm³/mol. The Kier molecular flexibility index (Phi) is 5.65. The maximum atomic E-state index is 11.4. The molecule has 0 bridgehead atoms. The van der Waals surface area contributed by atoms with Crippen LogP contribution in [0.5, 0.6) is 0 Å². The number of carboxylic acid groups (broad SMARTS) is 1. The van der Waals surface area contributed by atoms with E-state index >= 15 is 0 Å². The number of aryl methyl sites for hydroxylation is 1. The third-order valence-electron chi connectivity index (χ3n) is 2.53. The molecule has 1 aromatic rings. The summed E-state index contributed by atoms with van der Waals surface area (Å²) in [6, 6.07) is 6.61. The molecule has 18 heavy (non-hydrogen) atoms. The van der Waals surface area contributed by atoms with E-state index in [2.05, 4.69) is 5.32 Å². The number of carboxylic acids is 1. The Morgan fingerprint density at radius 1 is 1.33 bits per heavy atom. The zero-order chi connectivity index (χ0) is 13.5. The van der Waals surface area contributed by atoms with Crippen molar-refractivity contribution in [3.8, 4) is 0 Å². The van der Waals surface area contributed by atoms with Crippen LogP contribution in [0.4, 0.5) is 0 Å². The maximum Gasteiger partial charge on any atom is 0.325 e. The van der Waals surface area contributed by atoms with Crippen LogP contribution in [0.25, 0.3) is 0 Å². The lowest BCUT2D eigenvalue weighted by atomic mass is 10.1. The molecule has 2 N–H and O–H groups in total. The summed E-state index contributed by atoms with van der Waals surface area (Å²) in [5, 5.41) is 11.7. The van der Waals surface area contributed by atoms with E-state index in [0.29, 0.717) is 17.9 Å². The van der Waals surface area contributed by atoms with Crippen LogP contribution in [-0.2, 0) is 16.0 Å². The summed E-state index contributed by atoms with van der Waals surface area (Å²) in [6.07, 6.45) is 1.77. The zero-order valence-electron chi connectivity index (χ0n) is 10.1. The second kappa shape index (κ2) is 7.01. The third kappa shape index (κ3) is 5.19. The van der Waals surface area contributed by atoms with Crippen molar-refractivity contribution in [2.75, 3.05) is 0 Å². The molecule has 0 fully saturated rings. The number of hydrogen-bond donors (Lipinski definition) is 2. The van der Waals surface area contributed by atoms with Crippen molar-refractivity contribution in [3.05, 3.63) is 34.9 Å². The molecule has 0 radical (unpaired) electrons. The molecule has 0 saturated carbocycles. The normalized spacial score (nSPS) is 11.9. The quantitative estimate of drug-likeness (QED) is 0.832. The fourth-order valence-corrected chi connectivity index (χ4v) is 1.61. The Morgan fingerprint density at radius 2 is 1.94 bits per heavy atom. The first-order chi connectivity index (χ1) is 8.49. The second-order valence-electron chi connectivity index (χ2n) is 4.11. The first-order valence-corrected chi connectivity index (χ1v) is 6.13. The van der Waals surface area contributed by atoms with Gasteiger partial charge in [-0.1, -0.05) is 23.7 Å². The maximum absolute atomic E-state index is 11.4. The highest BCUT2D eigenvalue weighted by Crippen LogP contribution is 2.11. The van der Waals surface area contributed by atoms with Crippen molar-refractivity contribution in [3.63, 3.8) is 0 Å². The molecule has 98 valence electrons. The van der Waals surface area contributed by atoms with Crippen LogP contribution in [0.2, 0.25) is 5.02 Å². The van der Waals surface area contributed by atoms with Gasteiger partial charge in [-0.25, -0.2) is 0 Å². The number of halogens is 1. The van der Waals surface area contributed by atoms with E-state index in [1.807, 2.05) is 24.3 Å². The minimum absolute atomic E-state index is 0.237. The Morgan fingerprint density at radius 3 is 2.50 bits per heavy atom. The molecular weight excluding hydrogens is 254 g/mol. The van der Waals surface area contributed by atoms with Crippen molar-refractivity contribution < 1.29 is 14.7 Å². The summed E-state index contributed by atoms with van der Waals surface area (Å²) in [6.45, 7) is 1.44. The molecule has 1 amide bonds. The molecule has 4 nitrogen and oxygen atoms in total. The van der Waals surface area contributed by atoms with Crippen LogP contribution < -0.4 is 5.32 Å². The monoisotopic (exact) mass is 269 g/mol. The Labute approximate surface area is 111 Å². The summed E-state index contributed by atoms with van der Waals surface area (Å²) in [5.41, 5.74) is 1.11. The van der Waals surface area contributed by atoms with E-state index in [1.165, 1.54) is 6.92 Å². The van der Waals surface area contributed by atoms with E-state index in [4.69, 9.17) is 16.7 Å². The van der Waals surface area contributed by atoms with Crippen molar-refractivity contribution in [2.24, 2.45) is 0 Å². The van der Waals surface area contributed by atoms with Gasteiger partial charge in [0.15, 0.2) is 0 Å². The summed E-state index contributed by atoms with van der Waals surface area (Å²) in [7, 11) is 0. The minimum atomic E-state index is -1.03. The van der Waals surface area contributed by atoms with Gasteiger partial charge >= 0.3 is 5.97 Å². The fraction of sp³-hybridized carbons (Fsp3) is 0.385. The van der Waals surface area contributed by atoms with Gasteiger partial charge in [0, 0.05) is 11.4 Å². The lowest BCUT2D eigenvalue weighted by molar-refractivity contribution is -0.141. The first-order valence-electron chi connectivity index (χ1n) is 5.75. The average molecular weight is 270 g/mol. The molecule has 0 heterocycles. The number of carbonyl (C=O) groups is 2. The molecule has 1 aromatic carbocycles. The molecule has 0 aliphatic heterocycles. The summed E-state index contributed by atoms with van der Waals surface area (Å²) in [4.78, 5) is 21.9. The zero-order valence-corrected chi connectivity index (χ0v) is 10.9. The number of aliphatic carboxylic acids is 1. The number of benzene rings is 1. The summed E-state index contributed by atoms with van der Waals surface area (Å²) in [5.74, 6) is -1.26. The Bertz CT molecular complexity index is 417. The van der Waals surface area contributed by atoms with Gasteiger partial charge < -0.3 is 10.4 Å². The number of carbonyl (C=O) groups excluding carboxylic acids is 1. The number of nitrogens with one attached hydrogen (secondary N) is 1. The predicted octanol–water partition coefficient (Wildman–Crippen LogP) is 2.25. The summed E-state index contributed by atoms with van der Waals surface area (Å²) < 4.78 is 0. The van der Waals surface area contributed by atoms with Crippen molar-refractivity contribution in [2.45, 2.75) is 32.2 Å². The van der Waals surface area contributed by atoms with Gasteiger partial charge in [0.1, 0.15) is 6.04 Å². The number of amides is 1. The molecule has 1 rings (SSSR count). The fourth-order valence-electron chi connectivity index (χ4n) is 1.48. The van der Waals surface area contributed by atoms with Crippen molar-refractivity contribution in [1.29, 1.82) is 0 Å². The SMILES string of the molecule is CC(NC(=O)CCCc1ccc(Cl)cc1)C(=O)O. The highest BCUT2D eigenvalue weighted by molar-refractivity contribution is 6.30. The second-order valence-corrected chi connectivity index (χ2v) is 4.54. The highest BCUT2D eigenvalue weighted by atomic mass is 35.5. The smallest absolute Gasteiger partial charge is 0.325 e. The molecule has 5 heteroatoms. The van der Waals surface area contributed by atoms with Gasteiger partial charge in [0.05, 0.1) is 0 Å². The lowest BCUT2D eigenvalue weighted by Gasteiger charge is -2.08. The largest absolute Gasteiger partial charge is 0.480 e. The van der Waals surface area contributed by atoms with E-state index < -0.39 is 12.0 Å². The van der Waals surface area contributed by atoms with E-state index in [1.54, 1.807) is 0 Å². The third-order valence-corrected chi connectivity index (χ3v) is 2.78. The van der Waals surface area contributed by atoms with Crippen molar-refractivity contribution in [1.82, 2.24) is 5.32 Å². The standard InChI is InChI=1S/C13H16ClNO3/c1-9(13(17)18)15-12(16)4-2-3-10-5-7-11(14)8-6-10/h5-9H,2-4H2,1H3,(H,15,16)(H,17,18). The van der Waals surface area contributed by atoms with E-state index in [-0.39, 0.29) is 5.91 Å². The minimum Gasteiger partial charge on any atom is -0.480 e. The first kappa shape index (κ1) is 14.5. The van der Waals surface area contributed by atoms with Gasteiger partial charge in [-0.2, -0.15) is 0 Å². The van der Waals surface area contributed by atoms with Gasteiger partial charge in [-0.3, -0.25) is 9.59 Å². The number of rotatable bonds is 6. The highest BCUT2D eigenvalue weighted by Gasteiger charge is 2.13. The van der Waals surface area contributed by atoms with Crippen LogP contribution >= 0.6 is 11.6 Å². The van der Waals surface area contributed by atoms with Gasteiger partial charge in [0.2, 0.25) is 5.91 Å². The molecule has 1 unspecified atom stereocenters. The van der Waals surface area contributed by atoms with Crippen molar-refractivity contribution >= 4 is 23.5 Å². The van der Waals surface area contributed by atoms with Crippen LogP contribution in [0, 0.1) is 0 Å². The van der Waals surface area contributed by atoms with Gasteiger partial charge in [0.25, 0.3) is 0 Å². The van der Waals surface area contributed by atoms with Crippen LogP contribution in [-0.4, -0.2) is 23.0 Å². The van der Waals surface area contributed by atoms with Crippen LogP contribution in [0.15, 0.2) is 24.3 Å². The Balaban J connectivity index is 2.27. The topological polar surface area (TPSA) is 66.4 Å². The van der Waals surface area contributed by atoms with Crippen LogP contribution in [0.3, 0.4) is 0 Å². The molecule has 0 aromatic heterocycles. The Hall–Kier alpha value is -1.55. The van der Waals surface area contributed by atoms with E-state index in [9.17, 15) is 9.59 Å². The van der Waals surface area contributed by atoms with E-state index in [0.717, 1.165) is 12.0 Å². The molecular formula is C13H16ClNO3. The molecule has 0 aliphatic rings. The van der Waals surface area contributed by atoms with Gasteiger partial charge in [-0.05, 0) is 37.5 Å². The van der Waals surface area contributed by atoms with Crippen LogP contribution in [0.1, 0.15) is 25.3 Å².